The van der Waals surface area contributed by atoms with Crippen molar-refractivity contribution < 1.29 is 4.79 Å². The second-order valence-electron chi connectivity index (χ2n) is 6.15. The van der Waals surface area contributed by atoms with Gasteiger partial charge in [0.2, 0.25) is 5.91 Å². The minimum absolute atomic E-state index is 0.0472. The van der Waals surface area contributed by atoms with Crippen LogP contribution in [0.15, 0.2) is 24.7 Å². The van der Waals surface area contributed by atoms with Gasteiger partial charge in [-0.1, -0.05) is 0 Å². The second kappa shape index (κ2) is 6.36. The molecule has 0 spiro atoms. The van der Waals surface area contributed by atoms with Gasteiger partial charge < -0.3 is 10.2 Å². The van der Waals surface area contributed by atoms with E-state index in [0.29, 0.717) is 12.2 Å². The Morgan fingerprint density at radius 2 is 2.36 bits per heavy atom. The number of nitrogens with one attached hydrogen (secondary N) is 2. The number of aromatic nitrogens is 4. The van der Waals surface area contributed by atoms with Gasteiger partial charge in [-0.05, 0) is 18.9 Å². The van der Waals surface area contributed by atoms with Crippen LogP contribution >= 0.6 is 0 Å². The maximum atomic E-state index is 12.2. The van der Waals surface area contributed by atoms with Crippen LogP contribution in [0, 0.1) is 17.2 Å². The van der Waals surface area contributed by atoms with Crippen molar-refractivity contribution in [3.8, 4) is 6.07 Å². The third-order valence-electron chi connectivity index (χ3n) is 4.64. The van der Waals surface area contributed by atoms with Crippen molar-refractivity contribution in [3.05, 3.63) is 24.7 Å². The van der Waals surface area contributed by atoms with Crippen molar-refractivity contribution >= 4 is 33.5 Å². The number of nitrogens with zero attached hydrogens (tertiary/aromatic N) is 5. The number of carbonyl (C=O) groups is 1. The van der Waals surface area contributed by atoms with Crippen molar-refractivity contribution in [2.45, 2.75) is 12.8 Å². The molecule has 1 saturated heterocycles. The molecule has 1 atom stereocenters. The Morgan fingerprint density at radius 3 is 3.24 bits per heavy atom. The largest absolute Gasteiger partial charge is 0.369 e. The fourth-order valence-electron chi connectivity index (χ4n) is 3.47. The molecule has 0 saturated carbocycles. The van der Waals surface area contributed by atoms with Crippen LogP contribution in [-0.2, 0) is 4.79 Å². The first-order chi connectivity index (χ1) is 12.3. The predicted octanol–water partition coefficient (Wildman–Crippen LogP) is 1.36. The summed E-state index contributed by atoms with van der Waals surface area (Å²) in [6.45, 7) is 1.52. The lowest BCUT2D eigenvalue weighted by atomic mass is 9.96. The summed E-state index contributed by atoms with van der Waals surface area (Å²) in [5.41, 5.74) is 2.52. The number of aromatic amines is 1. The number of pyridine rings is 1. The summed E-state index contributed by atoms with van der Waals surface area (Å²) in [7, 11) is 0. The Morgan fingerprint density at radius 1 is 1.44 bits per heavy atom. The molecule has 0 aliphatic carbocycles. The van der Waals surface area contributed by atoms with Crippen molar-refractivity contribution in [2.75, 3.05) is 24.5 Å². The number of nitriles is 1. The first kappa shape index (κ1) is 15.3. The van der Waals surface area contributed by atoms with E-state index in [1.165, 1.54) is 0 Å². The lowest BCUT2D eigenvalue weighted by molar-refractivity contribution is -0.125. The number of rotatable bonds is 3. The van der Waals surface area contributed by atoms with Gasteiger partial charge in [-0.2, -0.15) is 10.4 Å². The smallest absolute Gasteiger partial charge is 0.225 e. The highest BCUT2D eigenvalue weighted by Gasteiger charge is 2.27. The Bertz CT molecular complexity index is 974. The van der Waals surface area contributed by atoms with Crippen LogP contribution in [0.4, 0.5) is 5.69 Å². The summed E-state index contributed by atoms with van der Waals surface area (Å²) in [5.74, 6) is -0.191. The van der Waals surface area contributed by atoms with E-state index in [0.717, 1.165) is 41.4 Å². The quantitative estimate of drug-likeness (QED) is 0.699. The predicted molar refractivity (Wildman–Crippen MR) is 92.7 cm³/mol. The molecular formula is C17H17N7O. The van der Waals surface area contributed by atoms with Crippen LogP contribution in [-0.4, -0.2) is 45.7 Å². The van der Waals surface area contributed by atoms with E-state index >= 15 is 0 Å². The highest BCUT2D eigenvalue weighted by Crippen LogP contribution is 2.32. The summed E-state index contributed by atoms with van der Waals surface area (Å²) in [6, 6.07) is 3.90. The van der Waals surface area contributed by atoms with E-state index in [1.807, 2.05) is 12.1 Å². The zero-order valence-electron chi connectivity index (χ0n) is 13.6. The number of fused-ring (bicyclic) bond motifs is 3. The summed E-state index contributed by atoms with van der Waals surface area (Å²) in [5, 5.41) is 20.5. The first-order valence-electron chi connectivity index (χ1n) is 8.24. The second-order valence-corrected chi connectivity index (χ2v) is 6.15. The highest BCUT2D eigenvalue weighted by atomic mass is 16.1. The molecule has 126 valence electrons. The molecule has 1 aliphatic rings. The molecule has 1 amide bonds. The molecule has 25 heavy (non-hydrogen) atoms. The molecule has 1 aliphatic heterocycles. The number of piperidine rings is 1. The van der Waals surface area contributed by atoms with E-state index in [9.17, 15) is 4.79 Å². The molecule has 2 N–H and O–H groups in total. The fraction of sp³-hybridized carbons (Fsp3) is 0.353. The minimum Gasteiger partial charge on any atom is -0.369 e. The molecule has 8 heteroatoms. The van der Waals surface area contributed by atoms with Crippen molar-refractivity contribution in [1.29, 1.82) is 5.26 Å². The van der Waals surface area contributed by atoms with Gasteiger partial charge in [0.25, 0.3) is 0 Å². The molecule has 4 heterocycles. The molecule has 1 unspecified atom stereocenters. The molecule has 0 aromatic carbocycles. The molecule has 4 rings (SSSR count). The van der Waals surface area contributed by atoms with Gasteiger partial charge in [0.05, 0.1) is 35.6 Å². The van der Waals surface area contributed by atoms with E-state index < -0.39 is 0 Å². The zero-order valence-corrected chi connectivity index (χ0v) is 13.6. The third kappa shape index (κ3) is 2.74. The number of hydrogen-bond donors (Lipinski definition) is 2. The number of hydrogen-bond acceptors (Lipinski definition) is 6. The molecule has 8 nitrogen and oxygen atoms in total. The van der Waals surface area contributed by atoms with Crippen LogP contribution in [0.2, 0.25) is 0 Å². The van der Waals surface area contributed by atoms with E-state index in [4.69, 9.17) is 5.26 Å². The SMILES string of the molecule is N#CCNC(=O)C1CCCN(c2cn[nH]c3cnc4nccc4c23)C1. The van der Waals surface area contributed by atoms with Gasteiger partial charge in [0, 0.05) is 30.1 Å². The Labute approximate surface area is 143 Å². The molecular weight excluding hydrogens is 318 g/mol. The zero-order chi connectivity index (χ0) is 17.2. The standard InChI is InChI=1S/C17H17N7O/c18-4-6-20-17(25)11-2-1-7-24(10-11)14-9-22-23-13-8-21-16-12(15(13)14)3-5-19-16/h3,5,8-9,11,23H,1-2,6-7,10H2,(H,20,25). The summed E-state index contributed by atoms with van der Waals surface area (Å²) in [6.07, 6.45) is 7.02. The van der Waals surface area contributed by atoms with E-state index in [1.54, 1.807) is 18.6 Å². The Kier molecular flexibility index (Phi) is 3.90. The normalized spacial score (nSPS) is 17.6. The minimum atomic E-state index is -0.128. The molecule has 3 aromatic rings. The lowest BCUT2D eigenvalue weighted by Gasteiger charge is -2.34. The monoisotopic (exact) mass is 335 g/mol. The molecule has 0 bridgehead atoms. The molecule has 1 fully saturated rings. The van der Waals surface area contributed by atoms with Crippen LogP contribution in [0.5, 0.6) is 0 Å². The van der Waals surface area contributed by atoms with E-state index in [2.05, 4.69) is 30.4 Å². The van der Waals surface area contributed by atoms with Gasteiger partial charge in [-0.15, -0.1) is 0 Å². The lowest BCUT2D eigenvalue weighted by Crippen LogP contribution is -2.43. The Hall–Kier alpha value is -3.21. The average molecular weight is 335 g/mol. The highest BCUT2D eigenvalue weighted by molar-refractivity contribution is 6.09. The molecule has 0 radical (unpaired) electrons. The number of carbonyl (C=O) groups excluding carboxylic acids is 1. The van der Waals surface area contributed by atoms with Gasteiger partial charge >= 0.3 is 0 Å². The summed E-state index contributed by atoms with van der Waals surface area (Å²) < 4.78 is 0. The van der Waals surface area contributed by atoms with Gasteiger partial charge in [-0.3, -0.25) is 9.89 Å². The topological polar surface area (TPSA) is 111 Å². The average Bonchev–Trinajstić information content (AvgIpc) is 3.14. The van der Waals surface area contributed by atoms with Gasteiger partial charge in [0.1, 0.15) is 6.54 Å². The number of anilines is 1. The van der Waals surface area contributed by atoms with Gasteiger partial charge in [0.15, 0.2) is 5.65 Å². The van der Waals surface area contributed by atoms with Crippen molar-refractivity contribution in [1.82, 2.24) is 25.5 Å². The number of H-pyrrole nitrogens is 1. The van der Waals surface area contributed by atoms with Crippen LogP contribution in [0.3, 0.4) is 0 Å². The van der Waals surface area contributed by atoms with Gasteiger partial charge in [-0.25, -0.2) is 9.97 Å². The summed E-state index contributed by atoms with van der Waals surface area (Å²) >= 11 is 0. The Balaban J connectivity index is 1.70. The van der Waals surface area contributed by atoms with E-state index in [-0.39, 0.29) is 18.4 Å². The van der Waals surface area contributed by atoms with Crippen molar-refractivity contribution in [2.24, 2.45) is 5.92 Å². The summed E-state index contributed by atoms with van der Waals surface area (Å²) in [4.78, 5) is 23.0. The van der Waals surface area contributed by atoms with Crippen molar-refractivity contribution in [3.63, 3.8) is 0 Å². The van der Waals surface area contributed by atoms with Crippen LogP contribution in [0.25, 0.3) is 21.9 Å². The maximum absolute atomic E-state index is 12.2. The fourth-order valence-corrected chi connectivity index (χ4v) is 3.47. The number of amides is 1. The molecule has 3 aromatic heterocycles. The van der Waals surface area contributed by atoms with Crippen LogP contribution < -0.4 is 10.2 Å². The first-order valence-corrected chi connectivity index (χ1v) is 8.24. The van der Waals surface area contributed by atoms with Crippen LogP contribution in [0.1, 0.15) is 12.8 Å². The third-order valence-corrected chi connectivity index (χ3v) is 4.64. The maximum Gasteiger partial charge on any atom is 0.225 e.